The number of carbonyl (C=O) groups excluding carboxylic acids is 2. The predicted molar refractivity (Wildman–Crippen MR) is 163 cm³/mol. The summed E-state index contributed by atoms with van der Waals surface area (Å²) in [5.74, 6) is 0.392. The fraction of sp³-hybridized carbons (Fsp3) is 0.125. The van der Waals surface area contributed by atoms with Crippen LogP contribution in [0.2, 0.25) is 0 Å². The molecule has 1 N–H and O–H groups in total. The van der Waals surface area contributed by atoms with Crippen LogP contribution in [0.4, 0.5) is 5.69 Å². The number of anilines is 1. The van der Waals surface area contributed by atoms with Gasteiger partial charge in [0.15, 0.2) is 4.80 Å². The highest BCUT2D eigenvalue weighted by atomic mass is 32.1. The fourth-order valence-electron chi connectivity index (χ4n) is 4.94. The van der Waals surface area contributed by atoms with Crippen molar-refractivity contribution in [3.8, 4) is 11.3 Å². The number of rotatable bonds is 6. The SMILES string of the molecule is COC(=O)c1ccc(-c2ccc(/C=c3/sc4n(c3=O)[C@H](c3cccs3)C(C(=O)Nc3ccccc3)=C(C)N=4)o2)c(C)c1. The lowest BCUT2D eigenvalue weighted by Gasteiger charge is -2.24. The Morgan fingerprint density at radius 1 is 1.05 bits per heavy atom. The maximum absolute atomic E-state index is 13.9. The van der Waals surface area contributed by atoms with Crippen molar-refractivity contribution in [2.24, 2.45) is 4.99 Å². The Bertz CT molecular complexity index is 2030. The molecule has 6 rings (SSSR count). The average molecular weight is 596 g/mol. The second kappa shape index (κ2) is 11.2. The van der Waals surface area contributed by atoms with E-state index in [4.69, 9.17) is 9.15 Å². The number of carbonyl (C=O) groups is 2. The molecule has 42 heavy (non-hydrogen) atoms. The Morgan fingerprint density at radius 3 is 2.57 bits per heavy atom. The summed E-state index contributed by atoms with van der Waals surface area (Å²) in [5.41, 5.74) is 3.52. The van der Waals surface area contributed by atoms with Crippen molar-refractivity contribution in [3.05, 3.63) is 131 Å². The molecule has 1 aliphatic heterocycles. The van der Waals surface area contributed by atoms with Crippen molar-refractivity contribution in [2.45, 2.75) is 19.9 Å². The number of esters is 1. The number of thiazole rings is 1. The van der Waals surface area contributed by atoms with Gasteiger partial charge in [-0.2, -0.15) is 0 Å². The van der Waals surface area contributed by atoms with Gasteiger partial charge in [-0.3, -0.25) is 14.2 Å². The van der Waals surface area contributed by atoms with Crippen molar-refractivity contribution < 1.29 is 18.7 Å². The molecule has 1 aliphatic rings. The number of ether oxygens (including phenoxy) is 1. The molecule has 0 aliphatic carbocycles. The van der Waals surface area contributed by atoms with Gasteiger partial charge in [-0.1, -0.05) is 41.7 Å². The number of methoxy groups -OCH3 is 1. The van der Waals surface area contributed by atoms with Gasteiger partial charge in [-0.15, -0.1) is 11.3 Å². The number of aromatic nitrogens is 1. The van der Waals surface area contributed by atoms with E-state index in [0.29, 0.717) is 43.4 Å². The lowest BCUT2D eigenvalue weighted by molar-refractivity contribution is -0.113. The number of fused-ring (bicyclic) bond motifs is 1. The molecule has 1 amide bonds. The van der Waals surface area contributed by atoms with Crippen LogP contribution in [-0.4, -0.2) is 23.6 Å². The summed E-state index contributed by atoms with van der Waals surface area (Å²) in [6, 6.07) is 21.3. The zero-order chi connectivity index (χ0) is 29.4. The third-order valence-corrected chi connectivity index (χ3v) is 8.83. The van der Waals surface area contributed by atoms with Crippen LogP contribution < -0.4 is 20.2 Å². The summed E-state index contributed by atoms with van der Waals surface area (Å²) in [6.45, 7) is 3.69. The number of amides is 1. The minimum absolute atomic E-state index is 0.258. The smallest absolute Gasteiger partial charge is 0.337 e. The molecule has 2 aromatic carbocycles. The second-order valence-corrected chi connectivity index (χ2v) is 11.6. The zero-order valence-electron chi connectivity index (χ0n) is 22.9. The minimum atomic E-state index is -0.616. The van der Waals surface area contributed by atoms with Crippen molar-refractivity contribution in [1.82, 2.24) is 4.57 Å². The number of thiophene rings is 1. The molecule has 4 heterocycles. The molecule has 0 unspecified atom stereocenters. The van der Waals surface area contributed by atoms with Crippen LogP contribution in [0.3, 0.4) is 0 Å². The Balaban J connectivity index is 1.39. The van der Waals surface area contributed by atoms with Crippen LogP contribution in [0.15, 0.2) is 104 Å². The quantitative estimate of drug-likeness (QED) is 0.269. The van der Waals surface area contributed by atoms with Gasteiger partial charge >= 0.3 is 5.97 Å². The molecular formula is C32H25N3O5S2. The summed E-state index contributed by atoms with van der Waals surface area (Å²) >= 11 is 2.73. The molecule has 0 radical (unpaired) electrons. The van der Waals surface area contributed by atoms with E-state index in [9.17, 15) is 14.4 Å². The summed E-state index contributed by atoms with van der Waals surface area (Å²) in [4.78, 5) is 45.4. The molecule has 3 aromatic heterocycles. The van der Waals surface area contributed by atoms with E-state index in [0.717, 1.165) is 16.0 Å². The van der Waals surface area contributed by atoms with E-state index in [2.05, 4.69) is 10.3 Å². The van der Waals surface area contributed by atoms with Crippen LogP contribution in [0.1, 0.15) is 39.5 Å². The molecule has 0 bridgehead atoms. The van der Waals surface area contributed by atoms with Crippen LogP contribution in [0, 0.1) is 6.92 Å². The summed E-state index contributed by atoms with van der Waals surface area (Å²) in [6.07, 6.45) is 1.69. The van der Waals surface area contributed by atoms with Crippen molar-refractivity contribution in [3.63, 3.8) is 0 Å². The highest BCUT2D eigenvalue weighted by Gasteiger charge is 2.33. The van der Waals surface area contributed by atoms with Crippen molar-refractivity contribution >= 4 is 46.3 Å². The van der Waals surface area contributed by atoms with E-state index in [1.165, 1.54) is 29.8 Å². The number of aryl methyl sites for hydroxylation is 1. The average Bonchev–Trinajstić information content (AvgIpc) is 3.74. The van der Waals surface area contributed by atoms with E-state index in [1.807, 2.05) is 66.9 Å². The molecule has 0 saturated carbocycles. The van der Waals surface area contributed by atoms with Crippen molar-refractivity contribution in [1.29, 1.82) is 0 Å². The molecule has 5 aromatic rings. The van der Waals surface area contributed by atoms with Gasteiger partial charge in [0, 0.05) is 22.2 Å². The standard InChI is InChI=1S/C32H25N3O5S2/c1-18-16-20(31(38)39-3)11-13-23(18)24-14-12-22(40-24)17-26-30(37)35-28(25-10-7-15-41-25)27(19(2)33-32(35)42-26)29(36)34-21-8-5-4-6-9-21/h4-17,28H,1-3H3,(H,34,36)/b26-17+/t28-/m1/s1. The Morgan fingerprint density at radius 2 is 1.86 bits per heavy atom. The summed E-state index contributed by atoms with van der Waals surface area (Å²) in [7, 11) is 1.35. The first-order chi connectivity index (χ1) is 20.3. The number of furan rings is 1. The lowest BCUT2D eigenvalue weighted by Crippen LogP contribution is -2.40. The van der Waals surface area contributed by atoms with E-state index in [1.54, 1.807) is 35.8 Å². The highest BCUT2D eigenvalue weighted by molar-refractivity contribution is 7.10. The topological polar surface area (TPSA) is 103 Å². The molecule has 0 fully saturated rings. The van der Waals surface area contributed by atoms with Gasteiger partial charge in [0.05, 0.1) is 28.5 Å². The maximum Gasteiger partial charge on any atom is 0.337 e. The molecule has 10 heteroatoms. The number of para-hydroxylation sites is 1. The normalized spacial score (nSPS) is 14.8. The third-order valence-electron chi connectivity index (χ3n) is 6.92. The van der Waals surface area contributed by atoms with Gasteiger partial charge in [0.1, 0.15) is 17.6 Å². The largest absolute Gasteiger partial charge is 0.465 e. The lowest BCUT2D eigenvalue weighted by atomic mass is 10.0. The second-order valence-electron chi connectivity index (χ2n) is 9.64. The van der Waals surface area contributed by atoms with E-state index < -0.39 is 12.0 Å². The fourth-order valence-corrected chi connectivity index (χ4v) is 6.79. The van der Waals surface area contributed by atoms with Crippen LogP contribution >= 0.6 is 22.7 Å². The first kappa shape index (κ1) is 27.4. The van der Waals surface area contributed by atoms with Crippen LogP contribution in [0.5, 0.6) is 0 Å². The third kappa shape index (κ3) is 5.06. The maximum atomic E-state index is 13.9. The minimum Gasteiger partial charge on any atom is -0.465 e. The molecule has 0 saturated heterocycles. The molecule has 1 atom stereocenters. The number of nitrogens with one attached hydrogen (secondary N) is 1. The Hall–Kier alpha value is -4.80. The number of hydrogen-bond acceptors (Lipinski definition) is 8. The van der Waals surface area contributed by atoms with Crippen molar-refractivity contribution in [2.75, 3.05) is 12.4 Å². The zero-order valence-corrected chi connectivity index (χ0v) is 24.5. The van der Waals surface area contributed by atoms with E-state index >= 15 is 0 Å². The predicted octanol–water partition coefficient (Wildman–Crippen LogP) is 5.29. The number of hydrogen-bond donors (Lipinski definition) is 1. The first-order valence-electron chi connectivity index (χ1n) is 13.1. The Labute approximate surface area is 248 Å². The van der Waals surface area contributed by atoms with Gasteiger partial charge in [-0.05, 0) is 67.3 Å². The van der Waals surface area contributed by atoms with Crippen LogP contribution in [-0.2, 0) is 9.53 Å². The van der Waals surface area contributed by atoms with Gasteiger partial charge in [-0.25, -0.2) is 9.79 Å². The molecule has 210 valence electrons. The molecular weight excluding hydrogens is 571 g/mol. The van der Waals surface area contributed by atoms with Gasteiger partial charge in [0.25, 0.3) is 11.5 Å². The summed E-state index contributed by atoms with van der Waals surface area (Å²) in [5, 5.41) is 4.88. The van der Waals surface area contributed by atoms with E-state index in [-0.39, 0.29) is 11.5 Å². The number of allylic oxidation sites excluding steroid dienone is 1. The Kier molecular flexibility index (Phi) is 7.32. The van der Waals surface area contributed by atoms with Crippen LogP contribution in [0.25, 0.3) is 17.4 Å². The summed E-state index contributed by atoms with van der Waals surface area (Å²) < 4.78 is 12.9. The first-order valence-corrected chi connectivity index (χ1v) is 14.7. The van der Waals surface area contributed by atoms with Gasteiger partial charge in [0.2, 0.25) is 0 Å². The monoisotopic (exact) mass is 595 g/mol. The number of benzene rings is 2. The highest BCUT2D eigenvalue weighted by Crippen LogP contribution is 2.33. The number of nitrogens with zero attached hydrogens (tertiary/aromatic N) is 2. The molecule has 0 spiro atoms. The molecule has 8 nitrogen and oxygen atoms in total. The van der Waals surface area contributed by atoms with Gasteiger partial charge < -0.3 is 14.5 Å².